The number of carbonyl (C=O) groups is 1. The molecule has 1 amide bonds. The van der Waals surface area contributed by atoms with Crippen molar-refractivity contribution >= 4 is 12.1 Å². The molecule has 0 spiro atoms. The van der Waals surface area contributed by atoms with Crippen molar-refractivity contribution in [2.45, 2.75) is 13.5 Å². The van der Waals surface area contributed by atoms with E-state index in [4.69, 9.17) is 9.15 Å². The molecule has 0 saturated carbocycles. The van der Waals surface area contributed by atoms with Crippen LogP contribution in [0.25, 0.3) is 11.1 Å². The Morgan fingerprint density at radius 1 is 0.935 bits per heavy atom. The number of aryl methyl sites for hydroxylation is 1. The summed E-state index contributed by atoms with van der Waals surface area (Å²) in [7, 11) is 0. The standard InChI is InChI=1S/C26H22N2O3/c1-19-11-16-23(31-19)17-27-28-26(29)22-14-12-20(13-15-22)18-30-25-10-6-5-9-24(25)21-7-3-2-4-8-21/h2-17H,18H2,1H3,(H,28,29)/b27-17+. The number of rotatable bonds is 7. The maximum absolute atomic E-state index is 12.2. The van der Waals surface area contributed by atoms with Gasteiger partial charge in [-0.15, -0.1) is 0 Å². The monoisotopic (exact) mass is 410 g/mol. The summed E-state index contributed by atoms with van der Waals surface area (Å²) in [5.41, 5.74) is 6.13. The minimum absolute atomic E-state index is 0.290. The van der Waals surface area contributed by atoms with Gasteiger partial charge < -0.3 is 9.15 Å². The molecule has 1 heterocycles. The molecule has 5 nitrogen and oxygen atoms in total. The van der Waals surface area contributed by atoms with Crippen LogP contribution in [0.4, 0.5) is 0 Å². The van der Waals surface area contributed by atoms with Crippen LogP contribution >= 0.6 is 0 Å². The highest BCUT2D eigenvalue weighted by atomic mass is 16.5. The molecule has 5 heteroatoms. The highest BCUT2D eigenvalue weighted by Crippen LogP contribution is 2.30. The fourth-order valence-corrected chi connectivity index (χ4v) is 3.10. The number of benzene rings is 3. The zero-order valence-electron chi connectivity index (χ0n) is 17.1. The maximum atomic E-state index is 12.2. The number of furan rings is 1. The first-order valence-electron chi connectivity index (χ1n) is 9.95. The van der Waals surface area contributed by atoms with E-state index in [1.54, 1.807) is 18.2 Å². The lowest BCUT2D eigenvalue weighted by Crippen LogP contribution is -2.17. The Labute approximate surface area is 181 Å². The van der Waals surface area contributed by atoms with Gasteiger partial charge in [-0.2, -0.15) is 5.10 Å². The molecule has 1 aromatic heterocycles. The number of hydrogen-bond donors (Lipinski definition) is 1. The topological polar surface area (TPSA) is 63.8 Å². The van der Waals surface area contributed by atoms with Crippen molar-refractivity contribution in [3.63, 3.8) is 0 Å². The second kappa shape index (κ2) is 9.59. The summed E-state index contributed by atoms with van der Waals surface area (Å²) in [6.45, 7) is 2.25. The first-order chi connectivity index (χ1) is 15.2. The van der Waals surface area contributed by atoms with Gasteiger partial charge in [0, 0.05) is 11.1 Å². The third-order valence-corrected chi connectivity index (χ3v) is 4.70. The zero-order valence-corrected chi connectivity index (χ0v) is 17.1. The third-order valence-electron chi connectivity index (χ3n) is 4.70. The van der Waals surface area contributed by atoms with Crippen LogP contribution in [-0.4, -0.2) is 12.1 Å². The normalized spacial score (nSPS) is 10.9. The van der Waals surface area contributed by atoms with Crippen molar-refractivity contribution < 1.29 is 13.9 Å². The molecule has 154 valence electrons. The van der Waals surface area contributed by atoms with Gasteiger partial charge in [0.05, 0.1) is 6.21 Å². The van der Waals surface area contributed by atoms with Crippen LogP contribution in [0.3, 0.4) is 0 Å². The van der Waals surface area contributed by atoms with E-state index in [1.807, 2.05) is 67.6 Å². The first kappa shape index (κ1) is 20.2. The number of para-hydroxylation sites is 1. The largest absolute Gasteiger partial charge is 0.488 e. The SMILES string of the molecule is Cc1ccc(/C=N/NC(=O)c2ccc(COc3ccccc3-c3ccccc3)cc2)o1. The van der Waals surface area contributed by atoms with E-state index in [1.165, 1.54) is 6.21 Å². The third kappa shape index (κ3) is 5.28. The molecule has 4 rings (SSSR count). The van der Waals surface area contributed by atoms with Crippen molar-refractivity contribution in [3.8, 4) is 16.9 Å². The van der Waals surface area contributed by atoms with Crippen LogP contribution in [0, 0.1) is 6.92 Å². The number of nitrogens with one attached hydrogen (secondary N) is 1. The predicted octanol–water partition coefficient (Wildman–Crippen LogP) is 5.60. The van der Waals surface area contributed by atoms with E-state index in [0.29, 0.717) is 17.9 Å². The molecule has 0 fully saturated rings. The minimum atomic E-state index is -0.290. The van der Waals surface area contributed by atoms with Crippen molar-refractivity contribution in [1.29, 1.82) is 0 Å². The van der Waals surface area contributed by atoms with Crippen molar-refractivity contribution in [2.24, 2.45) is 5.10 Å². The molecule has 3 aromatic carbocycles. The molecule has 0 atom stereocenters. The van der Waals surface area contributed by atoms with Crippen LogP contribution < -0.4 is 10.2 Å². The van der Waals surface area contributed by atoms with Gasteiger partial charge in [0.25, 0.3) is 5.91 Å². The molecule has 1 N–H and O–H groups in total. The average Bonchev–Trinajstić information content (AvgIpc) is 3.23. The van der Waals surface area contributed by atoms with Gasteiger partial charge in [-0.25, -0.2) is 5.43 Å². The molecule has 0 radical (unpaired) electrons. The number of hydrogen-bond acceptors (Lipinski definition) is 4. The first-order valence-corrected chi connectivity index (χ1v) is 9.95. The Bertz CT molecular complexity index is 1180. The van der Waals surface area contributed by atoms with E-state index in [0.717, 1.165) is 28.2 Å². The van der Waals surface area contributed by atoms with Crippen LogP contribution in [-0.2, 0) is 6.61 Å². The summed E-state index contributed by atoms with van der Waals surface area (Å²) in [5.74, 6) is 1.90. The summed E-state index contributed by atoms with van der Waals surface area (Å²) in [5, 5.41) is 3.93. The van der Waals surface area contributed by atoms with Crippen LogP contribution in [0.15, 0.2) is 101 Å². The second-order valence-electron chi connectivity index (χ2n) is 7.00. The van der Waals surface area contributed by atoms with Crippen molar-refractivity contribution in [2.75, 3.05) is 0 Å². The van der Waals surface area contributed by atoms with Gasteiger partial charge in [-0.3, -0.25) is 4.79 Å². The fourth-order valence-electron chi connectivity index (χ4n) is 3.10. The molecule has 0 saturated heterocycles. The molecule has 0 aliphatic rings. The number of nitrogens with zero attached hydrogens (tertiary/aromatic N) is 1. The maximum Gasteiger partial charge on any atom is 0.271 e. The van der Waals surface area contributed by atoms with Gasteiger partial charge in [0.2, 0.25) is 0 Å². The smallest absolute Gasteiger partial charge is 0.271 e. The highest BCUT2D eigenvalue weighted by molar-refractivity contribution is 5.94. The van der Waals surface area contributed by atoms with Gasteiger partial charge in [0.1, 0.15) is 23.9 Å². The van der Waals surface area contributed by atoms with Gasteiger partial charge >= 0.3 is 0 Å². The molecule has 31 heavy (non-hydrogen) atoms. The van der Waals surface area contributed by atoms with Crippen LogP contribution in [0.1, 0.15) is 27.4 Å². The lowest BCUT2D eigenvalue weighted by Gasteiger charge is -2.12. The zero-order chi connectivity index (χ0) is 21.5. The quantitative estimate of drug-likeness (QED) is 0.319. The van der Waals surface area contributed by atoms with Crippen LogP contribution in [0.2, 0.25) is 0 Å². The molecule has 4 aromatic rings. The average molecular weight is 410 g/mol. The summed E-state index contributed by atoms with van der Waals surface area (Å²) in [4.78, 5) is 12.2. The van der Waals surface area contributed by atoms with E-state index in [-0.39, 0.29) is 5.91 Å². The van der Waals surface area contributed by atoms with Crippen LogP contribution in [0.5, 0.6) is 5.75 Å². The molecule has 0 unspecified atom stereocenters. The highest BCUT2D eigenvalue weighted by Gasteiger charge is 2.07. The lowest BCUT2D eigenvalue weighted by atomic mass is 10.0. The molecule has 0 aliphatic heterocycles. The second-order valence-corrected chi connectivity index (χ2v) is 7.00. The Hall–Kier alpha value is -4.12. The van der Waals surface area contributed by atoms with E-state index < -0.39 is 0 Å². The van der Waals surface area contributed by atoms with E-state index >= 15 is 0 Å². The number of amides is 1. The van der Waals surface area contributed by atoms with E-state index in [9.17, 15) is 4.79 Å². The van der Waals surface area contributed by atoms with Crippen molar-refractivity contribution in [3.05, 3.63) is 114 Å². The van der Waals surface area contributed by atoms with E-state index in [2.05, 4.69) is 22.7 Å². The van der Waals surface area contributed by atoms with Crippen molar-refractivity contribution in [1.82, 2.24) is 5.43 Å². The number of carbonyl (C=O) groups excluding carboxylic acids is 1. The molecule has 0 bridgehead atoms. The van der Waals surface area contributed by atoms with Gasteiger partial charge in [0.15, 0.2) is 0 Å². The predicted molar refractivity (Wildman–Crippen MR) is 121 cm³/mol. The van der Waals surface area contributed by atoms with Gasteiger partial charge in [-0.05, 0) is 48.4 Å². The lowest BCUT2D eigenvalue weighted by molar-refractivity contribution is 0.0955. The Morgan fingerprint density at radius 2 is 1.68 bits per heavy atom. The summed E-state index contributed by atoms with van der Waals surface area (Å²) in [6.07, 6.45) is 1.47. The summed E-state index contributed by atoms with van der Waals surface area (Å²) in [6, 6.07) is 29.0. The summed E-state index contributed by atoms with van der Waals surface area (Å²) >= 11 is 0. The summed E-state index contributed by atoms with van der Waals surface area (Å²) < 4.78 is 11.4. The Morgan fingerprint density at radius 3 is 2.42 bits per heavy atom. The minimum Gasteiger partial charge on any atom is -0.488 e. The molecular formula is C26H22N2O3. The molecular weight excluding hydrogens is 388 g/mol. The fraction of sp³-hybridized carbons (Fsp3) is 0.0769. The van der Waals surface area contributed by atoms with Gasteiger partial charge in [-0.1, -0.05) is 60.7 Å². The number of hydrazone groups is 1. The Kier molecular flexibility index (Phi) is 6.24. The molecule has 0 aliphatic carbocycles. The Balaban J connectivity index is 1.36. The number of ether oxygens (including phenoxy) is 1.